The van der Waals surface area contributed by atoms with Gasteiger partial charge in [-0.2, -0.15) is 5.10 Å². The molecule has 2 heterocycles. The van der Waals surface area contributed by atoms with Gasteiger partial charge in [0.25, 0.3) is 11.8 Å². The summed E-state index contributed by atoms with van der Waals surface area (Å²) in [4.78, 5) is 39.2. The molecule has 0 saturated carbocycles. The first kappa shape index (κ1) is 30.0. The number of thiophene rings is 2. The van der Waals surface area contributed by atoms with E-state index in [2.05, 4.69) is 31.8 Å². The van der Waals surface area contributed by atoms with Gasteiger partial charge in [-0.1, -0.05) is 75.5 Å². The van der Waals surface area contributed by atoms with E-state index in [0.29, 0.717) is 31.7 Å². The van der Waals surface area contributed by atoms with Crippen LogP contribution in [0.15, 0.2) is 101 Å². The van der Waals surface area contributed by atoms with Gasteiger partial charge in [0.05, 0.1) is 16.3 Å². The Hall–Kier alpha value is -4.06. The minimum absolute atomic E-state index is 0.254. The average Bonchev–Trinajstić information content (AvgIpc) is 3.54. The fraction of sp³-hybridized carbons (Fsp3) is 0. The molecule has 4 aromatic carbocycles. The highest BCUT2D eigenvalue weighted by Gasteiger charge is 2.20. The summed E-state index contributed by atoms with van der Waals surface area (Å²) in [6, 6.07) is 26.3. The third kappa shape index (κ3) is 6.26. The van der Waals surface area contributed by atoms with E-state index in [0.717, 1.165) is 24.6 Å². The van der Waals surface area contributed by atoms with E-state index in [1.54, 1.807) is 48.5 Å². The largest absolute Gasteiger partial charge is 0.422 e. The van der Waals surface area contributed by atoms with Crippen LogP contribution in [0, 0.1) is 0 Å². The number of hydrogen-bond acceptors (Lipinski definition) is 7. The first-order valence-electron chi connectivity index (χ1n) is 12.9. The Morgan fingerprint density at radius 2 is 1.45 bits per heavy atom. The van der Waals surface area contributed by atoms with Crippen LogP contribution in [-0.2, 0) is 0 Å². The molecule has 0 atom stereocenters. The van der Waals surface area contributed by atoms with Crippen LogP contribution in [0.1, 0.15) is 35.3 Å². The lowest BCUT2D eigenvalue weighted by Crippen LogP contribution is -2.18. The fourth-order valence-electron chi connectivity index (χ4n) is 4.27. The number of nitrogens with one attached hydrogen (secondary N) is 2. The van der Waals surface area contributed by atoms with Crippen LogP contribution in [0.5, 0.6) is 5.75 Å². The number of benzene rings is 4. The van der Waals surface area contributed by atoms with Gasteiger partial charge in [-0.05, 0) is 54.6 Å². The summed E-state index contributed by atoms with van der Waals surface area (Å²) >= 11 is 18.9. The molecule has 12 heteroatoms. The molecule has 0 bridgehead atoms. The lowest BCUT2D eigenvalue weighted by atomic mass is 10.2. The van der Waals surface area contributed by atoms with Crippen molar-refractivity contribution in [3.8, 4) is 5.75 Å². The third-order valence-electron chi connectivity index (χ3n) is 6.41. The van der Waals surface area contributed by atoms with Gasteiger partial charge >= 0.3 is 5.97 Å². The number of amides is 2. The molecule has 0 spiro atoms. The van der Waals surface area contributed by atoms with Crippen molar-refractivity contribution < 1.29 is 19.1 Å². The molecule has 7 nitrogen and oxygen atoms in total. The molecule has 0 radical (unpaired) electrons. The number of anilines is 1. The van der Waals surface area contributed by atoms with Gasteiger partial charge < -0.3 is 10.1 Å². The Morgan fingerprint density at radius 1 is 0.773 bits per heavy atom. The quantitative estimate of drug-likeness (QED) is 0.0743. The smallest absolute Gasteiger partial charge is 0.355 e. The van der Waals surface area contributed by atoms with E-state index in [9.17, 15) is 14.4 Å². The molecule has 2 N–H and O–H groups in total. The molecule has 6 rings (SSSR count). The van der Waals surface area contributed by atoms with Crippen LogP contribution in [0.3, 0.4) is 0 Å². The van der Waals surface area contributed by atoms with Gasteiger partial charge in [0.2, 0.25) is 0 Å². The fourth-order valence-corrected chi connectivity index (χ4v) is 7.62. The molecule has 2 amide bonds. The summed E-state index contributed by atoms with van der Waals surface area (Å²) in [6.07, 6.45) is 1.38. The van der Waals surface area contributed by atoms with Gasteiger partial charge in [0, 0.05) is 41.5 Å². The molecule has 0 fully saturated rings. The zero-order valence-corrected chi connectivity index (χ0v) is 27.0. The molecule has 218 valence electrons. The first-order valence-corrected chi connectivity index (χ1v) is 16.1. The van der Waals surface area contributed by atoms with Gasteiger partial charge in [-0.15, -0.1) is 22.7 Å². The maximum atomic E-state index is 13.0. The maximum absolute atomic E-state index is 13.0. The van der Waals surface area contributed by atoms with E-state index in [-0.39, 0.29) is 16.5 Å². The van der Waals surface area contributed by atoms with Crippen LogP contribution in [0.25, 0.3) is 20.2 Å². The number of halogens is 3. The van der Waals surface area contributed by atoms with Crippen LogP contribution < -0.4 is 15.5 Å². The van der Waals surface area contributed by atoms with Crippen LogP contribution in [0.2, 0.25) is 10.0 Å². The first-order chi connectivity index (χ1) is 21.3. The van der Waals surface area contributed by atoms with Crippen molar-refractivity contribution >= 4 is 112 Å². The molecule has 44 heavy (non-hydrogen) atoms. The predicted octanol–water partition coefficient (Wildman–Crippen LogP) is 9.42. The molecule has 2 aromatic heterocycles. The Bertz CT molecular complexity index is 2110. The summed E-state index contributed by atoms with van der Waals surface area (Å²) in [5.41, 5.74) is 3.77. The lowest BCUT2D eigenvalue weighted by molar-refractivity contribution is 0.0739. The summed E-state index contributed by atoms with van der Waals surface area (Å²) in [7, 11) is 0. The summed E-state index contributed by atoms with van der Waals surface area (Å²) in [5, 5.41) is 9.17. The highest BCUT2D eigenvalue weighted by Crippen LogP contribution is 2.38. The number of carbonyl (C=O) groups is 3. The number of fused-ring (bicyclic) bond motifs is 2. The van der Waals surface area contributed by atoms with E-state index in [1.165, 1.54) is 28.9 Å². The summed E-state index contributed by atoms with van der Waals surface area (Å²) in [6.45, 7) is 0. The highest BCUT2D eigenvalue weighted by atomic mass is 79.9. The summed E-state index contributed by atoms with van der Waals surface area (Å²) in [5.74, 6) is -1.15. The van der Waals surface area contributed by atoms with E-state index >= 15 is 0 Å². The van der Waals surface area contributed by atoms with Gasteiger partial charge in [0.1, 0.15) is 15.5 Å². The second kappa shape index (κ2) is 12.9. The SMILES string of the molecule is O=C(N/N=C\c1ccccc1OC(=O)c1sc2cc(Br)ccc2c1Cl)c1ccc(NC(=O)c2sc3ccccc3c2Cl)cc1. The Balaban J connectivity index is 1.09. The van der Waals surface area contributed by atoms with E-state index < -0.39 is 11.9 Å². The number of hydrazone groups is 1. The van der Waals surface area contributed by atoms with Crippen molar-refractivity contribution in [1.29, 1.82) is 0 Å². The summed E-state index contributed by atoms with van der Waals surface area (Å²) < 4.78 is 8.30. The molecule has 0 aliphatic rings. The van der Waals surface area contributed by atoms with Gasteiger partial charge in [0.15, 0.2) is 0 Å². The van der Waals surface area contributed by atoms with E-state index in [1.807, 2.05) is 42.5 Å². The van der Waals surface area contributed by atoms with Crippen molar-refractivity contribution in [3.63, 3.8) is 0 Å². The number of hydrogen-bond donors (Lipinski definition) is 2. The lowest BCUT2D eigenvalue weighted by Gasteiger charge is -2.07. The number of nitrogens with zero attached hydrogens (tertiary/aromatic N) is 1. The standard InChI is InChI=1S/C32H18BrCl2N3O4S2/c33-19-11-14-22-25(15-19)44-29(27(22)35)32(41)42-23-7-3-1-5-18(23)16-36-38-30(39)17-9-12-20(13-10-17)37-31(40)28-26(34)21-6-2-4-8-24(21)43-28/h1-16H,(H,37,40)(H,38,39)/b36-16-. The van der Waals surface area contributed by atoms with Crippen LogP contribution in [-0.4, -0.2) is 24.0 Å². The molecular weight excluding hydrogens is 705 g/mol. The van der Waals surface area contributed by atoms with Crippen LogP contribution >= 0.6 is 61.8 Å². The number of carbonyl (C=O) groups excluding carboxylic acids is 3. The molecule has 0 saturated heterocycles. The second-order valence-corrected chi connectivity index (χ2v) is 13.1. The second-order valence-electron chi connectivity index (χ2n) is 9.28. The van der Waals surface area contributed by atoms with E-state index in [4.69, 9.17) is 27.9 Å². The third-order valence-corrected chi connectivity index (χ3v) is 10.2. The molecular formula is C32H18BrCl2N3O4S2. The number of ether oxygens (including phenoxy) is 1. The van der Waals surface area contributed by atoms with Crippen molar-refractivity contribution in [1.82, 2.24) is 5.43 Å². The van der Waals surface area contributed by atoms with Gasteiger partial charge in [-0.3, -0.25) is 9.59 Å². The topological polar surface area (TPSA) is 96.9 Å². The Morgan fingerprint density at radius 3 is 2.25 bits per heavy atom. The Kier molecular flexibility index (Phi) is 8.79. The molecule has 0 aliphatic heterocycles. The maximum Gasteiger partial charge on any atom is 0.355 e. The number of rotatable bonds is 7. The van der Waals surface area contributed by atoms with Crippen molar-refractivity contribution in [2.24, 2.45) is 5.10 Å². The molecule has 0 unspecified atom stereocenters. The predicted molar refractivity (Wildman–Crippen MR) is 182 cm³/mol. The van der Waals surface area contributed by atoms with Crippen molar-refractivity contribution in [3.05, 3.63) is 126 Å². The minimum Gasteiger partial charge on any atom is -0.422 e. The van der Waals surface area contributed by atoms with Crippen molar-refractivity contribution in [2.75, 3.05) is 5.32 Å². The van der Waals surface area contributed by atoms with Crippen molar-refractivity contribution in [2.45, 2.75) is 0 Å². The minimum atomic E-state index is -0.598. The average molecular weight is 723 g/mol. The number of para-hydroxylation sites is 1. The normalized spacial score (nSPS) is 11.2. The zero-order valence-electron chi connectivity index (χ0n) is 22.3. The van der Waals surface area contributed by atoms with Gasteiger partial charge in [-0.25, -0.2) is 10.2 Å². The monoisotopic (exact) mass is 721 g/mol. The zero-order chi connectivity index (χ0) is 30.8. The molecule has 6 aromatic rings. The number of esters is 1. The Labute approximate surface area is 277 Å². The highest BCUT2D eigenvalue weighted by molar-refractivity contribution is 9.10. The molecule has 0 aliphatic carbocycles. The van der Waals surface area contributed by atoms with Crippen LogP contribution in [0.4, 0.5) is 5.69 Å².